The summed E-state index contributed by atoms with van der Waals surface area (Å²) in [7, 11) is 0. The predicted molar refractivity (Wildman–Crippen MR) is 35.9 cm³/mol. The molecule has 46 valence electrons. The fourth-order valence-electron chi connectivity index (χ4n) is 0.693. The van der Waals surface area contributed by atoms with Crippen LogP contribution >= 0.6 is 11.8 Å². The molecule has 4 nitrogen and oxygen atoms in total. The quantitative estimate of drug-likeness (QED) is 0.537. The first-order chi connectivity index (χ1) is 4.36. The number of hydrogen-bond donors (Lipinski definition) is 1. The van der Waals surface area contributed by atoms with Gasteiger partial charge in [-0.3, -0.25) is 0 Å². The van der Waals surface area contributed by atoms with Gasteiger partial charge in [0.25, 0.3) is 0 Å². The zero-order valence-electron chi connectivity index (χ0n) is 4.48. The minimum atomic E-state index is -0.162. The van der Waals surface area contributed by atoms with E-state index in [9.17, 15) is 0 Å². The van der Waals surface area contributed by atoms with E-state index in [4.69, 9.17) is 5.73 Å². The maximum Gasteiger partial charge on any atom is 0.187 e. The van der Waals surface area contributed by atoms with E-state index in [0.29, 0.717) is 5.84 Å². The number of hydrogen-bond acceptors (Lipinski definition) is 5. The van der Waals surface area contributed by atoms with Crippen molar-refractivity contribution in [2.45, 2.75) is 5.50 Å². The fraction of sp³-hybridized carbons (Fsp3) is 0.250. The molecule has 2 rings (SSSR count). The van der Waals surface area contributed by atoms with Gasteiger partial charge in [-0.1, -0.05) is 11.8 Å². The fourth-order valence-corrected chi connectivity index (χ4v) is 1.41. The van der Waals surface area contributed by atoms with Crippen LogP contribution in [0.1, 0.15) is 0 Å². The van der Waals surface area contributed by atoms with Crippen LogP contribution in [-0.2, 0) is 0 Å². The van der Waals surface area contributed by atoms with Crippen LogP contribution < -0.4 is 5.73 Å². The van der Waals surface area contributed by atoms with Crippen LogP contribution in [0.25, 0.3) is 0 Å². The highest BCUT2D eigenvalue weighted by Gasteiger charge is 2.22. The topological polar surface area (TPSA) is 63.1 Å². The standard InChI is InChI=1S/C4H4N4S/c5-4-7-3-2(9-4)1-6-8-3/h1,4H,5H2. The molecule has 2 N–H and O–H groups in total. The van der Waals surface area contributed by atoms with Gasteiger partial charge in [0, 0.05) is 0 Å². The second-order valence-electron chi connectivity index (χ2n) is 1.67. The Morgan fingerprint density at radius 1 is 1.67 bits per heavy atom. The number of thioether (sulfide) groups is 1. The molecule has 0 radical (unpaired) electrons. The van der Waals surface area contributed by atoms with Crippen molar-refractivity contribution in [2.24, 2.45) is 21.0 Å². The number of azo groups is 1. The lowest BCUT2D eigenvalue weighted by Gasteiger charge is -1.90. The largest absolute Gasteiger partial charge is 0.301 e. The molecule has 0 spiro atoms. The lowest BCUT2D eigenvalue weighted by Crippen LogP contribution is -2.07. The van der Waals surface area contributed by atoms with Crippen molar-refractivity contribution < 1.29 is 0 Å². The molecule has 2 aliphatic heterocycles. The van der Waals surface area contributed by atoms with Gasteiger partial charge in [-0.15, -0.1) is 5.11 Å². The number of rotatable bonds is 0. The molecule has 0 amide bonds. The van der Waals surface area contributed by atoms with Gasteiger partial charge in [0.2, 0.25) is 0 Å². The number of aliphatic imine (C=N–C) groups is 1. The summed E-state index contributed by atoms with van der Waals surface area (Å²) >= 11 is 1.48. The number of nitrogens with two attached hydrogens (primary N) is 1. The molecule has 0 saturated heterocycles. The highest BCUT2D eigenvalue weighted by Crippen LogP contribution is 2.31. The summed E-state index contributed by atoms with van der Waals surface area (Å²) in [6.45, 7) is 0. The molecule has 0 saturated carbocycles. The van der Waals surface area contributed by atoms with E-state index in [-0.39, 0.29) is 5.50 Å². The van der Waals surface area contributed by atoms with Gasteiger partial charge in [-0.05, 0) is 0 Å². The zero-order chi connectivity index (χ0) is 6.27. The van der Waals surface area contributed by atoms with Crippen molar-refractivity contribution in [3.63, 3.8) is 0 Å². The van der Waals surface area contributed by atoms with Crippen molar-refractivity contribution in [1.82, 2.24) is 0 Å². The number of amidine groups is 1. The average molecular weight is 140 g/mol. The Morgan fingerprint density at radius 3 is 3.33 bits per heavy atom. The van der Waals surface area contributed by atoms with Gasteiger partial charge in [-0.25, -0.2) is 4.99 Å². The van der Waals surface area contributed by atoms with Crippen molar-refractivity contribution in [1.29, 1.82) is 0 Å². The highest BCUT2D eigenvalue weighted by atomic mass is 32.2. The third kappa shape index (κ3) is 0.691. The molecule has 5 heteroatoms. The lowest BCUT2D eigenvalue weighted by molar-refractivity contribution is 0.998. The van der Waals surface area contributed by atoms with Crippen LogP contribution in [0, 0.1) is 0 Å². The van der Waals surface area contributed by atoms with E-state index >= 15 is 0 Å². The Labute approximate surface area is 55.9 Å². The minimum absolute atomic E-state index is 0.162. The first-order valence-corrected chi connectivity index (χ1v) is 3.36. The second-order valence-corrected chi connectivity index (χ2v) is 2.83. The summed E-state index contributed by atoms with van der Waals surface area (Å²) in [6.07, 6.45) is 1.68. The lowest BCUT2D eigenvalue weighted by atomic mass is 10.6. The Morgan fingerprint density at radius 2 is 2.56 bits per heavy atom. The molecular formula is C4H4N4S. The molecule has 2 aliphatic rings. The van der Waals surface area contributed by atoms with Crippen molar-refractivity contribution >= 4 is 17.6 Å². The zero-order valence-corrected chi connectivity index (χ0v) is 5.30. The van der Waals surface area contributed by atoms with Crippen LogP contribution in [0.5, 0.6) is 0 Å². The van der Waals surface area contributed by atoms with Crippen LogP contribution in [0.3, 0.4) is 0 Å². The van der Waals surface area contributed by atoms with Crippen LogP contribution in [0.2, 0.25) is 0 Å². The maximum absolute atomic E-state index is 5.46. The Bertz CT molecular complexity index is 229. The Balaban J connectivity index is 2.40. The summed E-state index contributed by atoms with van der Waals surface area (Å²) in [6, 6.07) is 0. The minimum Gasteiger partial charge on any atom is -0.301 e. The Kier molecular flexibility index (Phi) is 0.940. The first kappa shape index (κ1) is 5.13. The van der Waals surface area contributed by atoms with E-state index in [0.717, 1.165) is 4.91 Å². The summed E-state index contributed by atoms with van der Waals surface area (Å²) in [5.74, 6) is 0.688. The summed E-state index contributed by atoms with van der Waals surface area (Å²) < 4.78 is 0. The number of fused-ring (bicyclic) bond motifs is 1. The van der Waals surface area contributed by atoms with Gasteiger partial charge in [0.1, 0.15) is 0 Å². The molecular weight excluding hydrogens is 136 g/mol. The van der Waals surface area contributed by atoms with Gasteiger partial charge in [0.15, 0.2) is 11.3 Å². The molecule has 0 aromatic carbocycles. The Hall–Kier alpha value is -0.680. The van der Waals surface area contributed by atoms with Gasteiger partial charge in [-0.2, -0.15) is 5.11 Å². The van der Waals surface area contributed by atoms with E-state index in [1.807, 2.05) is 0 Å². The summed E-state index contributed by atoms with van der Waals surface area (Å²) in [5.41, 5.74) is 5.30. The SMILES string of the molecule is NC1N=C2N=NC=C2S1. The first-order valence-electron chi connectivity index (χ1n) is 2.48. The molecule has 2 heterocycles. The van der Waals surface area contributed by atoms with Crippen molar-refractivity contribution in [3.05, 3.63) is 11.1 Å². The molecule has 0 fully saturated rings. The summed E-state index contributed by atoms with van der Waals surface area (Å²) in [5, 5.41) is 7.39. The van der Waals surface area contributed by atoms with Crippen LogP contribution in [0.15, 0.2) is 26.3 Å². The molecule has 0 aromatic heterocycles. The molecule has 0 aromatic rings. The monoisotopic (exact) mass is 140 g/mol. The maximum atomic E-state index is 5.46. The molecule has 0 aliphatic carbocycles. The average Bonchev–Trinajstić information content (AvgIpc) is 2.22. The number of nitrogens with zero attached hydrogens (tertiary/aromatic N) is 3. The van der Waals surface area contributed by atoms with E-state index in [1.165, 1.54) is 11.8 Å². The van der Waals surface area contributed by atoms with E-state index in [1.54, 1.807) is 6.20 Å². The molecule has 1 unspecified atom stereocenters. The highest BCUT2D eigenvalue weighted by molar-refractivity contribution is 8.04. The van der Waals surface area contributed by atoms with Crippen LogP contribution in [-0.4, -0.2) is 11.3 Å². The van der Waals surface area contributed by atoms with Gasteiger partial charge < -0.3 is 5.73 Å². The second kappa shape index (κ2) is 1.65. The molecule has 0 bridgehead atoms. The van der Waals surface area contributed by atoms with E-state index in [2.05, 4.69) is 15.2 Å². The third-order valence-corrected chi connectivity index (χ3v) is 1.93. The van der Waals surface area contributed by atoms with Crippen LogP contribution in [0.4, 0.5) is 0 Å². The van der Waals surface area contributed by atoms with Crippen molar-refractivity contribution in [3.8, 4) is 0 Å². The van der Waals surface area contributed by atoms with Gasteiger partial charge >= 0.3 is 0 Å². The summed E-state index contributed by atoms with van der Waals surface area (Å²) in [4.78, 5) is 4.97. The van der Waals surface area contributed by atoms with E-state index < -0.39 is 0 Å². The normalized spacial score (nSPS) is 30.1. The smallest absolute Gasteiger partial charge is 0.187 e. The third-order valence-electron chi connectivity index (χ3n) is 1.05. The van der Waals surface area contributed by atoms with Gasteiger partial charge in [0.05, 0.1) is 11.1 Å². The molecule has 9 heavy (non-hydrogen) atoms. The predicted octanol–water partition coefficient (Wildman–Crippen LogP) is 0.681. The molecule has 1 atom stereocenters. The van der Waals surface area contributed by atoms with Crippen molar-refractivity contribution in [2.75, 3.05) is 0 Å².